The van der Waals surface area contributed by atoms with Crippen molar-refractivity contribution >= 4 is 16.9 Å². The van der Waals surface area contributed by atoms with E-state index in [-0.39, 0.29) is 24.0 Å². The second-order valence-corrected chi connectivity index (χ2v) is 8.48. The molecule has 0 N–H and O–H groups in total. The van der Waals surface area contributed by atoms with Crippen LogP contribution in [-0.2, 0) is 11.3 Å². The summed E-state index contributed by atoms with van der Waals surface area (Å²) in [5, 5.41) is 0.365. The molecule has 0 aliphatic carbocycles. The molecule has 0 radical (unpaired) electrons. The van der Waals surface area contributed by atoms with E-state index in [4.69, 9.17) is 0 Å². The Balaban J connectivity index is 0.00000676. The number of halogens is 1. The molecular formula is C23H40INOS. The Kier molecular flexibility index (Phi) is 20.6. The normalized spacial score (nSPS) is 10.6. The van der Waals surface area contributed by atoms with Crippen molar-refractivity contribution in [2.45, 2.75) is 103 Å². The van der Waals surface area contributed by atoms with E-state index in [0.29, 0.717) is 5.12 Å². The van der Waals surface area contributed by atoms with Crippen LogP contribution in [0.25, 0.3) is 0 Å². The van der Waals surface area contributed by atoms with Gasteiger partial charge in [0.15, 0.2) is 24.1 Å². The van der Waals surface area contributed by atoms with Gasteiger partial charge in [-0.15, -0.1) is 0 Å². The highest BCUT2D eigenvalue weighted by Crippen LogP contribution is 2.14. The molecule has 0 amide bonds. The van der Waals surface area contributed by atoms with Crippen LogP contribution in [0.3, 0.4) is 0 Å². The second kappa shape index (κ2) is 20.6. The molecular weight excluding hydrogens is 465 g/mol. The lowest BCUT2D eigenvalue weighted by Gasteiger charge is -2.03. The van der Waals surface area contributed by atoms with Gasteiger partial charge >= 0.3 is 0 Å². The monoisotopic (exact) mass is 505 g/mol. The van der Waals surface area contributed by atoms with E-state index in [1.165, 1.54) is 88.8 Å². The largest absolute Gasteiger partial charge is 1.00 e. The Hall–Kier alpha value is -0.100. The van der Waals surface area contributed by atoms with Gasteiger partial charge in [-0.3, -0.25) is 4.79 Å². The smallest absolute Gasteiger partial charge is 0.189 e. The maximum absolute atomic E-state index is 11.9. The minimum Gasteiger partial charge on any atom is -1.00 e. The van der Waals surface area contributed by atoms with E-state index in [1.54, 1.807) is 0 Å². The van der Waals surface area contributed by atoms with Crippen molar-refractivity contribution in [1.29, 1.82) is 0 Å². The number of rotatable bonds is 17. The molecule has 27 heavy (non-hydrogen) atoms. The zero-order valence-electron chi connectivity index (χ0n) is 17.3. The first-order chi connectivity index (χ1) is 12.8. The summed E-state index contributed by atoms with van der Waals surface area (Å²) in [5.41, 5.74) is 0. The quantitative estimate of drug-likeness (QED) is 0.183. The summed E-state index contributed by atoms with van der Waals surface area (Å²) in [7, 11) is 0. The maximum atomic E-state index is 11.9. The van der Waals surface area contributed by atoms with Crippen LogP contribution < -0.4 is 28.5 Å². The van der Waals surface area contributed by atoms with Crippen molar-refractivity contribution in [1.82, 2.24) is 0 Å². The van der Waals surface area contributed by atoms with E-state index in [2.05, 4.69) is 23.9 Å². The molecule has 0 saturated heterocycles. The number of unbranched alkanes of at least 4 members (excludes halogenated alkanes) is 12. The number of thioether (sulfide) groups is 1. The summed E-state index contributed by atoms with van der Waals surface area (Å²) in [5.74, 6) is 0.881. The van der Waals surface area contributed by atoms with Crippen LogP contribution in [0.4, 0.5) is 0 Å². The summed E-state index contributed by atoms with van der Waals surface area (Å²) in [6.07, 6.45) is 22.5. The fourth-order valence-corrected chi connectivity index (χ4v) is 4.03. The Bertz CT molecular complexity index is 441. The number of aryl methyl sites for hydroxylation is 1. The zero-order valence-corrected chi connectivity index (χ0v) is 20.3. The van der Waals surface area contributed by atoms with Gasteiger partial charge < -0.3 is 24.0 Å². The van der Waals surface area contributed by atoms with Gasteiger partial charge in [-0.2, -0.15) is 0 Å². The maximum Gasteiger partial charge on any atom is 0.189 e. The van der Waals surface area contributed by atoms with Gasteiger partial charge in [-0.1, -0.05) is 102 Å². The van der Waals surface area contributed by atoms with Crippen molar-refractivity contribution < 1.29 is 33.3 Å². The Morgan fingerprint density at radius 2 is 1.22 bits per heavy atom. The number of hydrogen-bond donors (Lipinski definition) is 0. The minimum absolute atomic E-state index is 0. The molecule has 1 aromatic rings. The summed E-state index contributed by atoms with van der Waals surface area (Å²) in [6.45, 7) is 3.19. The minimum atomic E-state index is 0. The third-order valence-corrected chi connectivity index (χ3v) is 5.79. The van der Waals surface area contributed by atoms with Gasteiger partial charge in [0, 0.05) is 18.6 Å². The van der Waals surface area contributed by atoms with Gasteiger partial charge in [0.25, 0.3) is 0 Å². The lowest BCUT2D eigenvalue weighted by molar-refractivity contribution is -0.692. The highest BCUT2D eigenvalue weighted by molar-refractivity contribution is 8.13. The molecule has 0 fully saturated rings. The molecule has 156 valence electrons. The Labute approximate surface area is 189 Å². The third-order valence-electron chi connectivity index (χ3n) is 4.87. The number of pyridine rings is 1. The van der Waals surface area contributed by atoms with E-state index in [1.807, 2.05) is 18.2 Å². The molecule has 0 bridgehead atoms. The van der Waals surface area contributed by atoms with Crippen LogP contribution in [0.1, 0.15) is 96.8 Å². The summed E-state index contributed by atoms with van der Waals surface area (Å²) in [6, 6.07) is 6.07. The zero-order chi connectivity index (χ0) is 18.7. The highest BCUT2D eigenvalue weighted by atomic mass is 127. The van der Waals surface area contributed by atoms with Crippen molar-refractivity contribution in [2.24, 2.45) is 0 Å². The third kappa shape index (κ3) is 17.7. The summed E-state index contributed by atoms with van der Waals surface area (Å²) in [4.78, 5) is 11.9. The number of aromatic nitrogens is 1. The first-order valence-electron chi connectivity index (χ1n) is 10.9. The first kappa shape index (κ1) is 26.9. The van der Waals surface area contributed by atoms with Crippen molar-refractivity contribution in [3.8, 4) is 0 Å². The molecule has 1 rings (SSSR count). The lowest BCUT2D eigenvalue weighted by atomic mass is 10.0. The fourth-order valence-electron chi connectivity index (χ4n) is 3.21. The first-order valence-corrected chi connectivity index (χ1v) is 11.9. The van der Waals surface area contributed by atoms with Crippen molar-refractivity contribution in [2.75, 3.05) is 5.75 Å². The lowest BCUT2D eigenvalue weighted by Crippen LogP contribution is -3.00. The van der Waals surface area contributed by atoms with E-state index < -0.39 is 0 Å². The van der Waals surface area contributed by atoms with E-state index in [0.717, 1.165) is 25.1 Å². The average molecular weight is 506 g/mol. The topological polar surface area (TPSA) is 20.9 Å². The predicted molar refractivity (Wildman–Crippen MR) is 114 cm³/mol. The molecule has 0 spiro atoms. The van der Waals surface area contributed by atoms with Crippen molar-refractivity contribution in [3.05, 3.63) is 30.6 Å². The second-order valence-electron chi connectivity index (χ2n) is 7.33. The number of carbonyl (C=O) groups excluding carboxylic acids is 1. The molecule has 0 unspecified atom stereocenters. The molecule has 1 heterocycles. The summed E-state index contributed by atoms with van der Waals surface area (Å²) < 4.78 is 2.13. The van der Waals surface area contributed by atoms with Crippen molar-refractivity contribution in [3.63, 3.8) is 0 Å². The molecule has 0 aliphatic rings. The molecule has 0 aliphatic heterocycles. The van der Waals surface area contributed by atoms with Crippen LogP contribution in [0, 0.1) is 0 Å². The molecule has 4 heteroatoms. The fraction of sp³-hybridized carbons (Fsp3) is 0.739. The Morgan fingerprint density at radius 3 is 1.74 bits per heavy atom. The standard InChI is InChI=1S/C23H40NOS.HI/c1-2-3-4-5-6-7-8-9-10-11-12-13-15-18-23(25)26-22-21-24-19-16-14-17-20-24;/h14,16-17,19-20H,2-13,15,18,21-22H2,1H3;1H/q+1;/p-1. The average Bonchev–Trinajstić information content (AvgIpc) is 2.66. The molecule has 0 aromatic carbocycles. The SMILES string of the molecule is CCCCCCCCCCCCCCCC(=O)SCC[n+]1ccccc1.[I-]. The van der Waals surface area contributed by atoms with Crippen LogP contribution in [-0.4, -0.2) is 10.9 Å². The van der Waals surface area contributed by atoms with Gasteiger partial charge in [-0.25, -0.2) is 4.57 Å². The number of nitrogens with zero attached hydrogens (tertiary/aromatic N) is 1. The van der Waals surface area contributed by atoms with Crippen LogP contribution in [0.5, 0.6) is 0 Å². The van der Waals surface area contributed by atoms with E-state index in [9.17, 15) is 4.79 Å². The van der Waals surface area contributed by atoms with Gasteiger partial charge in [0.2, 0.25) is 0 Å². The number of hydrogen-bond acceptors (Lipinski definition) is 2. The van der Waals surface area contributed by atoms with Crippen LogP contribution >= 0.6 is 11.8 Å². The number of carbonyl (C=O) groups is 1. The van der Waals surface area contributed by atoms with E-state index >= 15 is 0 Å². The van der Waals surface area contributed by atoms with Crippen LogP contribution in [0.15, 0.2) is 30.6 Å². The highest BCUT2D eigenvalue weighted by Gasteiger charge is 2.05. The Morgan fingerprint density at radius 1 is 0.741 bits per heavy atom. The van der Waals surface area contributed by atoms with Crippen LogP contribution in [0.2, 0.25) is 0 Å². The van der Waals surface area contributed by atoms with Gasteiger partial charge in [-0.05, 0) is 6.42 Å². The molecule has 0 saturated carbocycles. The molecule has 0 atom stereocenters. The molecule has 1 aromatic heterocycles. The summed E-state index contributed by atoms with van der Waals surface area (Å²) >= 11 is 1.50. The van der Waals surface area contributed by atoms with Gasteiger partial charge in [0.1, 0.15) is 0 Å². The van der Waals surface area contributed by atoms with Gasteiger partial charge in [0.05, 0.1) is 5.75 Å². The predicted octanol–water partition coefficient (Wildman–Crippen LogP) is 3.72. The molecule has 2 nitrogen and oxygen atoms in total.